The molecular formula is C12H9ClN6O2. The summed E-state index contributed by atoms with van der Waals surface area (Å²) >= 11 is 5.95. The number of nitro groups is 1. The lowest BCUT2D eigenvalue weighted by Gasteiger charge is -2.04. The molecule has 0 radical (unpaired) electrons. The predicted molar refractivity (Wildman–Crippen MR) is 76.9 cm³/mol. The standard InChI is InChI=1S/C12H9ClN6O2/c13-10-9-11(17-12(14)16-10)18(6-15-9)5-7-1-3-8(4-2-7)19(20)21/h1-4,6H,5H2,(H2,14,16,17). The number of benzene rings is 1. The lowest BCUT2D eigenvalue weighted by atomic mass is 10.2. The summed E-state index contributed by atoms with van der Waals surface area (Å²) in [6, 6.07) is 6.25. The quantitative estimate of drug-likeness (QED) is 0.450. The summed E-state index contributed by atoms with van der Waals surface area (Å²) in [6.07, 6.45) is 1.58. The molecule has 0 aliphatic rings. The smallest absolute Gasteiger partial charge is 0.269 e. The number of fused-ring (bicyclic) bond motifs is 1. The van der Waals surface area contributed by atoms with E-state index in [4.69, 9.17) is 17.3 Å². The molecule has 2 heterocycles. The zero-order chi connectivity index (χ0) is 15.0. The summed E-state index contributed by atoms with van der Waals surface area (Å²) < 4.78 is 1.75. The molecule has 8 nitrogen and oxygen atoms in total. The summed E-state index contributed by atoms with van der Waals surface area (Å²) in [5.41, 5.74) is 7.48. The first-order chi connectivity index (χ1) is 10.0. The van der Waals surface area contributed by atoms with Gasteiger partial charge in [-0.2, -0.15) is 9.97 Å². The van der Waals surface area contributed by atoms with Crippen molar-refractivity contribution >= 4 is 34.4 Å². The fourth-order valence-electron chi connectivity index (χ4n) is 1.96. The summed E-state index contributed by atoms with van der Waals surface area (Å²) in [6.45, 7) is 0.446. The molecule has 0 atom stereocenters. The van der Waals surface area contributed by atoms with Crippen LogP contribution in [0.25, 0.3) is 11.2 Å². The highest BCUT2D eigenvalue weighted by Gasteiger charge is 2.11. The Hall–Kier alpha value is -2.74. The lowest BCUT2D eigenvalue weighted by Crippen LogP contribution is -2.02. The zero-order valence-electron chi connectivity index (χ0n) is 10.6. The van der Waals surface area contributed by atoms with Crippen molar-refractivity contribution in [2.75, 3.05) is 5.73 Å². The molecule has 2 N–H and O–H groups in total. The van der Waals surface area contributed by atoms with Gasteiger partial charge in [0, 0.05) is 12.1 Å². The fraction of sp³-hybridized carbons (Fsp3) is 0.0833. The molecule has 9 heteroatoms. The topological polar surface area (TPSA) is 113 Å². The highest BCUT2D eigenvalue weighted by Crippen LogP contribution is 2.21. The second kappa shape index (κ2) is 4.98. The van der Waals surface area contributed by atoms with Crippen LogP contribution in [0.1, 0.15) is 5.56 Å². The minimum atomic E-state index is -0.440. The van der Waals surface area contributed by atoms with Gasteiger partial charge < -0.3 is 10.3 Å². The maximum Gasteiger partial charge on any atom is 0.269 e. The van der Waals surface area contributed by atoms with Gasteiger partial charge in [-0.1, -0.05) is 23.7 Å². The van der Waals surface area contributed by atoms with Crippen LogP contribution in [0, 0.1) is 10.1 Å². The molecule has 0 bridgehead atoms. The number of hydrogen-bond donors (Lipinski definition) is 1. The van der Waals surface area contributed by atoms with Crippen molar-refractivity contribution in [1.82, 2.24) is 19.5 Å². The Morgan fingerprint density at radius 2 is 2.00 bits per heavy atom. The maximum absolute atomic E-state index is 10.6. The van der Waals surface area contributed by atoms with Crippen LogP contribution in [-0.2, 0) is 6.54 Å². The van der Waals surface area contributed by atoms with Gasteiger partial charge in [0.15, 0.2) is 10.8 Å². The average molecular weight is 305 g/mol. The molecule has 0 unspecified atom stereocenters. The summed E-state index contributed by atoms with van der Waals surface area (Å²) in [5.74, 6) is 0.0675. The molecule has 3 aromatic rings. The Labute approximate surface area is 123 Å². The van der Waals surface area contributed by atoms with E-state index in [1.54, 1.807) is 23.0 Å². The number of rotatable bonds is 3. The van der Waals surface area contributed by atoms with Gasteiger partial charge in [0.1, 0.15) is 5.52 Å². The van der Waals surface area contributed by atoms with Crippen LogP contribution in [0.2, 0.25) is 5.15 Å². The highest BCUT2D eigenvalue weighted by atomic mass is 35.5. The molecule has 1 aromatic carbocycles. The molecule has 0 saturated carbocycles. The number of halogens is 1. The average Bonchev–Trinajstić information content (AvgIpc) is 2.83. The molecular weight excluding hydrogens is 296 g/mol. The van der Waals surface area contributed by atoms with Gasteiger partial charge >= 0.3 is 0 Å². The molecule has 0 fully saturated rings. The molecule has 0 spiro atoms. The van der Waals surface area contributed by atoms with Gasteiger partial charge in [-0.15, -0.1) is 0 Å². The fourth-order valence-corrected chi connectivity index (χ4v) is 2.18. The number of nitro benzene ring substituents is 1. The Bertz CT molecular complexity index is 830. The van der Waals surface area contributed by atoms with Gasteiger partial charge in [0.05, 0.1) is 17.8 Å². The van der Waals surface area contributed by atoms with Crippen molar-refractivity contribution in [2.45, 2.75) is 6.54 Å². The number of anilines is 1. The number of nitrogen functional groups attached to an aromatic ring is 1. The third kappa shape index (κ3) is 2.48. The predicted octanol–water partition coefficient (Wildman–Crippen LogP) is 2.02. The Balaban J connectivity index is 1.96. The number of aromatic nitrogens is 4. The number of imidazole rings is 1. The van der Waals surface area contributed by atoms with Crippen molar-refractivity contribution in [3.05, 3.63) is 51.4 Å². The van der Waals surface area contributed by atoms with E-state index in [2.05, 4.69) is 15.0 Å². The van der Waals surface area contributed by atoms with Crippen LogP contribution in [-0.4, -0.2) is 24.4 Å². The van der Waals surface area contributed by atoms with Crippen LogP contribution < -0.4 is 5.73 Å². The van der Waals surface area contributed by atoms with Crippen molar-refractivity contribution in [2.24, 2.45) is 0 Å². The van der Waals surface area contributed by atoms with Gasteiger partial charge in [-0.3, -0.25) is 10.1 Å². The van der Waals surface area contributed by atoms with Gasteiger partial charge in [-0.25, -0.2) is 4.98 Å². The monoisotopic (exact) mass is 304 g/mol. The Kier molecular flexibility index (Phi) is 3.15. The van der Waals surface area contributed by atoms with Crippen molar-refractivity contribution < 1.29 is 4.92 Å². The normalized spacial score (nSPS) is 10.9. The number of hydrogen-bond acceptors (Lipinski definition) is 6. The molecule has 0 aliphatic heterocycles. The molecule has 2 aromatic heterocycles. The highest BCUT2D eigenvalue weighted by molar-refractivity contribution is 6.33. The Morgan fingerprint density at radius 1 is 1.29 bits per heavy atom. The molecule has 0 aliphatic carbocycles. The first-order valence-electron chi connectivity index (χ1n) is 5.92. The van der Waals surface area contributed by atoms with Crippen molar-refractivity contribution in [1.29, 1.82) is 0 Å². The van der Waals surface area contributed by atoms with Crippen molar-refractivity contribution in [3.8, 4) is 0 Å². The van der Waals surface area contributed by atoms with E-state index >= 15 is 0 Å². The largest absolute Gasteiger partial charge is 0.368 e. The number of non-ortho nitro benzene ring substituents is 1. The lowest BCUT2D eigenvalue weighted by molar-refractivity contribution is -0.384. The van der Waals surface area contributed by atoms with Crippen molar-refractivity contribution in [3.63, 3.8) is 0 Å². The summed E-state index contributed by atoms with van der Waals surface area (Å²) in [4.78, 5) is 22.3. The van der Waals surface area contributed by atoms with Gasteiger partial charge in [0.2, 0.25) is 5.95 Å². The number of nitrogens with two attached hydrogens (primary N) is 1. The van der Waals surface area contributed by atoms with Gasteiger partial charge in [0.25, 0.3) is 5.69 Å². The first kappa shape index (κ1) is 13.3. The molecule has 3 rings (SSSR count). The van der Waals surface area contributed by atoms with E-state index in [-0.39, 0.29) is 16.8 Å². The van der Waals surface area contributed by atoms with E-state index in [9.17, 15) is 10.1 Å². The second-order valence-corrected chi connectivity index (χ2v) is 4.70. The van der Waals surface area contributed by atoms with Crippen LogP contribution in [0.5, 0.6) is 0 Å². The first-order valence-corrected chi connectivity index (χ1v) is 6.29. The SMILES string of the molecule is Nc1nc(Cl)c2ncn(Cc3ccc([N+](=O)[O-])cc3)c2n1. The minimum Gasteiger partial charge on any atom is -0.368 e. The molecule has 106 valence electrons. The maximum atomic E-state index is 10.6. The molecule has 21 heavy (non-hydrogen) atoms. The van der Waals surface area contributed by atoms with Crippen LogP contribution in [0.4, 0.5) is 11.6 Å². The van der Waals surface area contributed by atoms with E-state index in [0.717, 1.165) is 5.56 Å². The summed E-state index contributed by atoms with van der Waals surface area (Å²) in [5, 5.41) is 10.8. The minimum absolute atomic E-state index is 0.0452. The number of nitrogens with zero attached hydrogens (tertiary/aromatic N) is 5. The van der Waals surface area contributed by atoms with Crippen LogP contribution >= 0.6 is 11.6 Å². The molecule has 0 saturated heterocycles. The molecule has 0 amide bonds. The second-order valence-electron chi connectivity index (χ2n) is 4.34. The third-order valence-electron chi connectivity index (χ3n) is 2.94. The van der Waals surface area contributed by atoms with Gasteiger partial charge in [-0.05, 0) is 5.56 Å². The van der Waals surface area contributed by atoms with E-state index in [0.29, 0.717) is 17.7 Å². The van der Waals surface area contributed by atoms with E-state index in [1.165, 1.54) is 12.1 Å². The summed E-state index contributed by atoms with van der Waals surface area (Å²) in [7, 11) is 0. The van der Waals surface area contributed by atoms with E-state index < -0.39 is 4.92 Å². The van der Waals surface area contributed by atoms with E-state index in [1.807, 2.05) is 0 Å². The third-order valence-corrected chi connectivity index (χ3v) is 3.20. The zero-order valence-corrected chi connectivity index (χ0v) is 11.4. The van der Waals surface area contributed by atoms with Crippen LogP contribution in [0.3, 0.4) is 0 Å². The Morgan fingerprint density at radius 3 is 2.67 bits per heavy atom. The van der Waals surface area contributed by atoms with Crippen LogP contribution in [0.15, 0.2) is 30.6 Å².